The molecule has 0 saturated heterocycles. The molecule has 2 aromatic rings. The molecule has 0 amide bonds. The molecule has 0 radical (unpaired) electrons. The first-order valence-electron chi connectivity index (χ1n) is 5.83. The lowest BCUT2D eigenvalue weighted by Gasteiger charge is -2.18. The lowest BCUT2D eigenvalue weighted by molar-refractivity contribution is 0.354. The zero-order chi connectivity index (χ0) is 13.8. The van der Waals surface area contributed by atoms with Gasteiger partial charge in [0.15, 0.2) is 11.5 Å². The van der Waals surface area contributed by atoms with Crippen molar-refractivity contribution >= 4 is 22.9 Å². The molecule has 0 saturated carbocycles. The topological polar surface area (TPSA) is 30.5 Å². The summed E-state index contributed by atoms with van der Waals surface area (Å²) in [7, 11) is 5.12. The molecule has 0 aliphatic rings. The number of benzene rings is 1. The third kappa shape index (κ3) is 2.86. The minimum atomic E-state index is 0.0947. The first-order valence-corrected chi connectivity index (χ1v) is 7.09. The molecule has 1 heterocycles. The van der Waals surface area contributed by atoms with Crippen molar-refractivity contribution in [2.75, 3.05) is 21.3 Å². The van der Waals surface area contributed by atoms with Crippen LogP contribution in [0.2, 0.25) is 5.02 Å². The predicted molar refractivity (Wildman–Crippen MR) is 79.8 cm³/mol. The van der Waals surface area contributed by atoms with E-state index in [1.165, 1.54) is 4.88 Å². The van der Waals surface area contributed by atoms with Gasteiger partial charge >= 0.3 is 0 Å². The molecule has 0 aliphatic carbocycles. The van der Waals surface area contributed by atoms with E-state index >= 15 is 0 Å². The number of nitrogens with one attached hydrogen (secondary N) is 1. The highest BCUT2D eigenvalue weighted by Crippen LogP contribution is 2.39. The summed E-state index contributed by atoms with van der Waals surface area (Å²) < 4.78 is 10.6. The molecule has 102 valence electrons. The largest absolute Gasteiger partial charge is 0.493 e. The second-order valence-corrected chi connectivity index (χ2v) is 5.36. The van der Waals surface area contributed by atoms with Crippen LogP contribution in [-0.2, 0) is 0 Å². The Morgan fingerprint density at radius 1 is 1.26 bits per heavy atom. The Kier molecular flexibility index (Phi) is 4.69. The zero-order valence-electron chi connectivity index (χ0n) is 11.1. The van der Waals surface area contributed by atoms with Crippen LogP contribution in [0.3, 0.4) is 0 Å². The normalized spacial score (nSPS) is 12.2. The Bertz CT molecular complexity index is 543. The van der Waals surface area contributed by atoms with E-state index in [0.717, 1.165) is 5.56 Å². The van der Waals surface area contributed by atoms with Crippen molar-refractivity contribution in [2.45, 2.75) is 6.04 Å². The fraction of sp³-hybridized carbons (Fsp3) is 0.286. The van der Waals surface area contributed by atoms with Gasteiger partial charge in [-0.25, -0.2) is 0 Å². The first kappa shape index (κ1) is 14.2. The van der Waals surface area contributed by atoms with Crippen molar-refractivity contribution in [1.82, 2.24) is 5.32 Å². The molecule has 0 bridgehead atoms. The molecule has 5 heteroatoms. The smallest absolute Gasteiger partial charge is 0.179 e. The van der Waals surface area contributed by atoms with Gasteiger partial charge in [-0.1, -0.05) is 17.7 Å². The van der Waals surface area contributed by atoms with Crippen LogP contribution in [0.15, 0.2) is 29.6 Å². The van der Waals surface area contributed by atoms with Crippen molar-refractivity contribution in [3.8, 4) is 11.5 Å². The maximum absolute atomic E-state index is 6.25. The van der Waals surface area contributed by atoms with Gasteiger partial charge in [-0.2, -0.15) is 0 Å². The summed E-state index contributed by atoms with van der Waals surface area (Å²) in [6.45, 7) is 0. The van der Waals surface area contributed by atoms with Crippen molar-refractivity contribution < 1.29 is 9.47 Å². The van der Waals surface area contributed by atoms with Crippen LogP contribution in [0.25, 0.3) is 0 Å². The van der Waals surface area contributed by atoms with Gasteiger partial charge in [-0.05, 0) is 36.2 Å². The molecule has 1 N–H and O–H groups in total. The molecule has 1 aromatic heterocycles. The average Bonchev–Trinajstić information content (AvgIpc) is 2.92. The van der Waals surface area contributed by atoms with Crippen LogP contribution in [0.1, 0.15) is 16.5 Å². The number of methoxy groups -OCH3 is 2. The Morgan fingerprint density at radius 3 is 2.58 bits per heavy atom. The van der Waals surface area contributed by atoms with Gasteiger partial charge in [-0.3, -0.25) is 0 Å². The highest BCUT2D eigenvalue weighted by molar-refractivity contribution is 7.10. The third-order valence-corrected chi connectivity index (χ3v) is 4.12. The van der Waals surface area contributed by atoms with Gasteiger partial charge in [0.25, 0.3) is 0 Å². The van der Waals surface area contributed by atoms with Crippen LogP contribution < -0.4 is 14.8 Å². The van der Waals surface area contributed by atoms with E-state index < -0.39 is 0 Å². The number of hydrogen-bond acceptors (Lipinski definition) is 4. The van der Waals surface area contributed by atoms with Gasteiger partial charge in [0.05, 0.1) is 25.3 Å². The van der Waals surface area contributed by atoms with Crippen LogP contribution >= 0.6 is 22.9 Å². The number of thiophene rings is 1. The summed E-state index contributed by atoms with van der Waals surface area (Å²) in [6.07, 6.45) is 0. The monoisotopic (exact) mass is 297 g/mol. The molecule has 1 atom stereocenters. The summed E-state index contributed by atoms with van der Waals surface area (Å²) in [5.74, 6) is 1.20. The SMILES string of the molecule is CNC(c1cc(Cl)c(OC)c(OC)c1)c1cccs1. The minimum absolute atomic E-state index is 0.0947. The van der Waals surface area contributed by atoms with E-state index in [2.05, 4.69) is 16.8 Å². The molecule has 0 aliphatic heterocycles. The zero-order valence-corrected chi connectivity index (χ0v) is 12.6. The summed E-state index contributed by atoms with van der Waals surface area (Å²) in [6, 6.07) is 8.08. The van der Waals surface area contributed by atoms with Gasteiger partial charge in [-0.15, -0.1) is 11.3 Å². The molecule has 0 fully saturated rings. The van der Waals surface area contributed by atoms with E-state index in [1.807, 2.05) is 25.2 Å². The minimum Gasteiger partial charge on any atom is -0.493 e. The Morgan fingerprint density at radius 2 is 2.05 bits per heavy atom. The summed E-state index contributed by atoms with van der Waals surface area (Å²) in [5.41, 5.74) is 1.05. The number of halogens is 1. The highest BCUT2D eigenvalue weighted by Gasteiger charge is 2.18. The average molecular weight is 298 g/mol. The fourth-order valence-electron chi connectivity index (χ4n) is 2.03. The van der Waals surface area contributed by atoms with Crippen LogP contribution in [-0.4, -0.2) is 21.3 Å². The maximum atomic E-state index is 6.25. The van der Waals surface area contributed by atoms with E-state index in [0.29, 0.717) is 16.5 Å². The summed E-state index contributed by atoms with van der Waals surface area (Å²) >= 11 is 7.95. The predicted octanol–water partition coefficient (Wildman–Crippen LogP) is 3.73. The van der Waals surface area contributed by atoms with Crippen LogP contribution in [0.4, 0.5) is 0 Å². The van der Waals surface area contributed by atoms with Gasteiger partial charge in [0.1, 0.15) is 0 Å². The molecular weight excluding hydrogens is 282 g/mol. The van der Waals surface area contributed by atoms with E-state index in [9.17, 15) is 0 Å². The number of hydrogen-bond donors (Lipinski definition) is 1. The van der Waals surface area contributed by atoms with Crippen molar-refractivity contribution in [1.29, 1.82) is 0 Å². The highest BCUT2D eigenvalue weighted by atomic mass is 35.5. The first-order chi connectivity index (χ1) is 9.21. The Balaban J connectivity index is 2.47. The lowest BCUT2D eigenvalue weighted by atomic mass is 10.0. The van der Waals surface area contributed by atoms with Crippen LogP contribution in [0.5, 0.6) is 11.5 Å². The van der Waals surface area contributed by atoms with Crippen molar-refractivity contribution in [3.63, 3.8) is 0 Å². The van der Waals surface area contributed by atoms with Gasteiger partial charge in [0, 0.05) is 4.88 Å². The molecule has 3 nitrogen and oxygen atoms in total. The van der Waals surface area contributed by atoms with Crippen molar-refractivity contribution in [3.05, 3.63) is 45.1 Å². The van der Waals surface area contributed by atoms with Crippen molar-refractivity contribution in [2.24, 2.45) is 0 Å². The van der Waals surface area contributed by atoms with E-state index in [1.54, 1.807) is 25.6 Å². The summed E-state index contributed by atoms with van der Waals surface area (Å²) in [5, 5.41) is 5.90. The number of ether oxygens (including phenoxy) is 2. The molecule has 2 rings (SSSR count). The Hall–Kier alpha value is -1.23. The van der Waals surface area contributed by atoms with Gasteiger partial charge in [0.2, 0.25) is 0 Å². The maximum Gasteiger partial charge on any atom is 0.179 e. The summed E-state index contributed by atoms with van der Waals surface area (Å²) in [4.78, 5) is 1.23. The fourth-order valence-corrected chi connectivity index (χ4v) is 3.19. The lowest BCUT2D eigenvalue weighted by Crippen LogP contribution is -2.16. The molecule has 1 aromatic carbocycles. The molecule has 19 heavy (non-hydrogen) atoms. The molecule has 1 unspecified atom stereocenters. The van der Waals surface area contributed by atoms with Gasteiger partial charge < -0.3 is 14.8 Å². The second kappa shape index (κ2) is 6.28. The Labute approximate surface area is 122 Å². The second-order valence-electron chi connectivity index (χ2n) is 3.98. The quantitative estimate of drug-likeness (QED) is 0.912. The number of rotatable bonds is 5. The van der Waals surface area contributed by atoms with Crippen LogP contribution in [0, 0.1) is 0 Å². The molecule has 0 spiro atoms. The van der Waals surface area contributed by atoms with E-state index in [4.69, 9.17) is 21.1 Å². The standard InChI is InChI=1S/C14H16ClNO2S/c1-16-13(12-5-4-6-19-12)9-7-10(15)14(18-3)11(8-9)17-2/h4-8,13,16H,1-3H3. The third-order valence-electron chi connectivity index (χ3n) is 2.91. The van der Waals surface area contributed by atoms with E-state index in [-0.39, 0.29) is 6.04 Å². The molecular formula is C14H16ClNO2S.